The number of amides is 2. The van der Waals surface area contributed by atoms with Gasteiger partial charge in [0.1, 0.15) is 0 Å². The van der Waals surface area contributed by atoms with Gasteiger partial charge in [0.05, 0.1) is 18.8 Å². The molecule has 7 heteroatoms. The predicted octanol–water partition coefficient (Wildman–Crippen LogP) is 3.21. The van der Waals surface area contributed by atoms with Crippen LogP contribution >= 0.6 is 0 Å². The van der Waals surface area contributed by atoms with Crippen molar-refractivity contribution in [2.24, 2.45) is 0 Å². The molecule has 2 aliphatic rings. The Kier molecular flexibility index (Phi) is 5.11. The van der Waals surface area contributed by atoms with Crippen LogP contribution in [0, 0.1) is 0 Å². The predicted molar refractivity (Wildman–Crippen MR) is 119 cm³/mol. The first-order valence-electron chi connectivity index (χ1n) is 10.6. The number of aromatic carboxylic acids is 1. The highest BCUT2D eigenvalue weighted by Gasteiger charge is 2.33. The fraction of sp³-hybridized carbons (Fsp3) is 0.240. The van der Waals surface area contributed by atoms with Crippen LogP contribution in [0.1, 0.15) is 36.6 Å². The number of rotatable bonds is 5. The molecule has 1 N–H and O–H groups in total. The number of benzene rings is 3. The van der Waals surface area contributed by atoms with Crippen molar-refractivity contribution < 1.29 is 24.2 Å². The van der Waals surface area contributed by atoms with Gasteiger partial charge in [0.2, 0.25) is 0 Å². The average molecular weight is 430 g/mol. The third-order valence-electron chi connectivity index (χ3n) is 6.15. The number of morpholine rings is 1. The van der Waals surface area contributed by atoms with E-state index in [-0.39, 0.29) is 23.9 Å². The van der Waals surface area contributed by atoms with Gasteiger partial charge >= 0.3 is 5.97 Å². The molecule has 2 aliphatic heterocycles. The first kappa shape index (κ1) is 20.2. The highest BCUT2D eigenvalue weighted by Crippen LogP contribution is 2.36. The summed E-state index contributed by atoms with van der Waals surface area (Å²) >= 11 is 0. The Balaban J connectivity index is 1.45. The van der Waals surface area contributed by atoms with E-state index in [2.05, 4.69) is 4.90 Å². The molecule has 3 aromatic rings. The molecule has 0 unspecified atom stereocenters. The molecule has 32 heavy (non-hydrogen) atoms. The molecule has 2 heterocycles. The zero-order valence-corrected chi connectivity index (χ0v) is 17.4. The van der Waals surface area contributed by atoms with Crippen LogP contribution in [0.15, 0.2) is 54.6 Å². The molecule has 0 spiro atoms. The van der Waals surface area contributed by atoms with Gasteiger partial charge in [0.25, 0.3) is 11.8 Å². The Morgan fingerprint density at radius 1 is 0.906 bits per heavy atom. The van der Waals surface area contributed by atoms with Crippen molar-refractivity contribution in [1.82, 2.24) is 4.90 Å². The van der Waals surface area contributed by atoms with Crippen molar-refractivity contribution in [2.75, 3.05) is 37.7 Å². The minimum atomic E-state index is -0.987. The van der Waals surface area contributed by atoms with Crippen LogP contribution in [0.4, 0.5) is 5.69 Å². The molecule has 1 saturated heterocycles. The number of carbonyl (C=O) groups excluding carboxylic acids is 2. The lowest BCUT2D eigenvalue weighted by molar-refractivity contribution is 0.0611. The summed E-state index contributed by atoms with van der Waals surface area (Å²) in [5.74, 6) is -1.58. The Morgan fingerprint density at radius 2 is 1.59 bits per heavy atom. The third kappa shape index (κ3) is 3.40. The summed E-state index contributed by atoms with van der Waals surface area (Å²) in [7, 11) is 0. The van der Waals surface area contributed by atoms with Gasteiger partial charge in [0, 0.05) is 47.2 Å². The van der Waals surface area contributed by atoms with Crippen LogP contribution in [0.25, 0.3) is 10.8 Å². The Hall–Kier alpha value is -3.71. The molecule has 162 valence electrons. The summed E-state index contributed by atoms with van der Waals surface area (Å²) in [6.45, 7) is 3.08. The third-order valence-corrected chi connectivity index (χ3v) is 6.15. The van der Waals surface area contributed by atoms with E-state index in [4.69, 9.17) is 9.84 Å². The van der Waals surface area contributed by atoms with Crippen LogP contribution in [-0.4, -0.2) is 60.6 Å². The summed E-state index contributed by atoms with van der Waals surface area (Å²) in [4.78, 5) is 41.1. The minimum absolute atomic E-state index is 0.204. The molecule has 0 saturated carbocycles. The maximum absolute atomic E-state index is 13.3. The van der Waals surface area contributed by atoms with Crippen molar-refractivity contribution >= 4 is 34.2 Å². The van der Waals surface area contributed by atoms with Gasteiger partial charge in [-0.3, -0.25) is 14.5 Å². The van der Waals surface area contributed by atoms with Crippen molar-refractivity contribution in [3.8, 4) is 0 Å². The van der Waals surface area contributed by atoms with Gasteiger partial charge in [-0.25, -0.2) is 4.79 Å². The number of imide groups is 1. The highest BCUT2D eigenvalue weighted by molar-refractivity contribution is 6.26. The largest absolute Gasteiger partial charge is 0.478 e. The van der Waals surface area contributed by atoms with Gasteiger partial charge in [-0.1, -0.05) is 24.3 Å². The second-order valence-corrected chi connectivity index (χ2v) is 7.97. The van der Waals surface area contributed by atoms with Crippen LogP contribution < -0.4 is 4.90 Å². The number of carboxylic acid groups (broad SMARTS) is 1. The van der Waals surface area contributed by atoms with E-state index in [1.54, 1.807) is 18.2 Å². The Bertz CT molecular complexity index is 1210. The van der Waals surface area contributed by atoms with Crippen molar-refractivity contribution in [1.29, 1.82) is 0 Å². The number of ether oxygens (including phenoxy) is 1. The monoisotopic (exact) mass is 430 g/mol. The lowest BCUT2D eigenvalue weighted by Crippen LogP contribution is -2.42. The minimum Gasteiger partial charge on any atom is -0.478 e. The zero-order valence-electron chi connectivity index (χ0n) is 17.4. The molecule has 5 rings (SSSR count). The van der Waals surface area contributed by atoms with Gasteiger partial charge in [-0.2, -0.15) is 0 Å². The Labute approximate surface area is 184 Å². The molecule has 7 nitrogen and oxygen atoms in total. The molecule has 2 amide bonds. The van der Waals surface area contributed by atoms with Gasteiger partial charge < -0.3 is 14.7 Å². The topological polar surface area (TPSA) is 87.2 Å². The maximum Gasteiger partial charge on any atom is 0.335 e. The number of hydrogen-bond donors (Lipinski definition) is 1. The normalized spacial score (nSPS) is 16.0. The van der Waals surface area contributed by atoms with Crippen LogP contribution in [0.3, 0.4) is 0 Å². The van der Waals surface area contributed by atoms with Gasteiger partial charge in [-0.15, -0.1) is 0 Å². The summed E-state index contributed by atoms with van der Waals surface area (Å²) in [5.41, 5.74) is 3.15. The second-order valence-electron chi connectivity index (χ2n) is 7.97. The van der Waals surface area contributed by atoms with Crippen molar-refractivity contribution in [2.45, 2.75) is 6.42 Å². The smallest absolute Gasteiger partial charge is 0.335 e. The van der Waals surface area contributed by atoms with Crippen molar-refractivity contribution in [3.63, 3.8) is 0 Å². The van der Waals surface area contributed by atoms with Crippen LogP contribution in [0.2, 0.25) is 0 Å². The lowest BCUT2D eigenvalue weighted by Gasteiger charge is -2.32. The first-order chi connectivity index (χ1) is 15.5. The zero-order chi connectivity index (χ0) is 22.2. The van der Waals surface area contributed by atoms with E-state index < -0.39 is 5.97 Å². The number of anilines is 1. The van der Waals surface area contributed by atoms with Crippen LogP contribution in [-0.2, 0) is 11.2 Å². The molecule has 1 fully saturated rings. The summed E-state index contributed by atoms with van der Waals surface area (Å²) in [6, 6.07) is 15.9. The molecule has 0 aliphatic carbocycles. The summed E-state index contributed by atoms with van der Waals surface area (Å²) < 4.78 is 5.46. The lowest BCUT2D eigenvalue weighted by atomic mass is 9.92. The Morgan fingerprint density at radius 3 is 2.28 bits per heavy atom. The first-order valence-corrected chi connectivity index (χ1v) is 10.6. The number of carbonyl (C=O) groups is 3. The maximum atomic E-state index is 13.3. The number of nitrogens with zero attached hydrogens (tertiary/aromatic N) is 2. The van der Waals surface area contributed by atoms with E-state index >= 15 is 0 Å². The molecule has 0 atom stereocenters. The average Bonchev–Trinajstić information content (AvgIpc) is 2.83. The summed E-state index contributed by atoms with van der Waals surface area (Å²) in [6.07, 6.45) is 0.453. The molecule has 0 aromatic heterocycles. The van der Waals surface area contributed by atoms with E-state index in [1.165, 1.54) is 17.0 Å². The van der Waals surface area contributed by atoms with Gasteiger partial charge in [-0.05, 0) is 42.3 Å². The molecule has 0 radical (unpaired) electrons. The number of hydrogen-bond acceptors (Lipinski definition) is 5. The number of carboxylic acids is 1. The van der Waals surface area contributed by atoms with E-state index in [1.807, 2.05) is 24.3 Å². The van der Waals surface area contributed by atoms with Gasteiger partial charge in [0.15, 0.2) is 0 Å². The fourth-order valence-corrected chi connectivity index (χ4v) is 4.47. The molecule has 3 aromatic carbocycles. The van der Waals surface area contributed by atoms with Crippen LogP contribution in [0.5, 0.6) is 0 Å². The second kappa shape index (κ2) is 8.09. The molecular weight excluding hydrogens is 408 g/mol. The van der Waals surface area contributed by atoms with Crippen molar-refractivity contribution in [3.05, 3.63) is 76.9 Å². The van der Waals surface area contributed by atoms with E-state index in [0.29, 0.717) is 36.1 Å². The molecule has 0 bridgehead atoms. The molecular formula is C25H22N2O5. The quantitative estimate of drug-likeness (QED) is 0.626. The fourth-order valence-electron chi connectivity index (χ4n) is 4.47. The van der Waals surface area contributed by atoms with E-state index in [0.717, 1.165) is 29.7 Å². The standard InChI is InChI=1S/C25H22N2O5/c28-23-19-3-1-2-18-21(26-12-14-32-15-13-26)9-8-20(22(18)19)24(29)27(23)11-10-16-4-6-17(7-5-16)25(30)31/h1-9H,10-15H2,(H,30,31). The SMILES string of the molecule is O=C(O)c1ccc(CCN2C(=O)c3cccc4c(N5CCOCC5)ccc(c34)C2=O)cc1. The summed E-state index contributed by atoms with van der Waals surface area (Å²) in [5, 5.41) is 10.7. The highest BCUT2D eigenvalue weighted by atomic mass is 16.5. The van der Waals surface area contributed by atoms with E-state index in [9.17, 15) is 14.4 Å².